The molecule has 31 heavy (non-hydrogen) atoms. The zero-order chi connectivity index (χ0) is 21.5. The van der Waals surface area contributed by atoms with E-state index >= 15 is 0 Å². The number of rotatable bonds is 6. The van der Waals surface area contributed by atoms with Crippen LogP contribution in [0.25, 0.3) is 10.9 Å². The number of carbonyl (C=O) groups excluding carboxylic acids is 2. The van der Waals surface area contributed by atoms with Crippen molar-refractivity contribution in [2.45, 2.75) is 12.8 Å². The molecule has 162 valence electrons. The lowest BCUT2D eigenvalue weighted by atomic mass is 9.85. The highest BCUT2D eigenvalue weighted by Gasteiger charge is 2.58. The van der Waals surface area contributed by atoms with Gasteiger partial charge < -0.3 is 15.6 Å². The SMILES string of the molecule is CN=C(NCCc1c[nH]c2cc(F)ccc12)NCCN1C(=O)C2C3C=CC(C3)C2C1=O. The first kappa shape index (κ1) is 19.8. The third-order valence-electron chi connectivity index (χ3n) is 6.83. The van der Waals surface area contributed by atoms with Crippen molar-refractivity contribution in [1.29, 1.82) is 0 Å². The van der Waals surface area contributed by atoms with E-state index in [9.17, 15) is 14.0 Å². The number of nitrogens with one attached hydrogen (secondary N) is 3. The molecule has 5 rings (SSSR count). The molecule has 1 saturated heterocycles. The average Bonchev–Trinajstić information content (AvgIpc) is 3.52. The molecule has 1 saturated carbocycles. The normalized spacial score (nSPS) is 26.9. The Morgan fingerprint density at radius 2 is 1.87 bits per heavy atom. The molecule has 2 heterocycles. The molecule has 4 unspecified atom stereocenters. The molecule has 2 bridgehead atoms. The number of allylic oxidation sites excluding steroid dienone is 2. The quantitative estimate of drug-likeness (QED) is 0.286. The number of benzene rings is 1. The zero-order valence-electron chi connectivity index (χ0n) is 17.4. The van der Waals surface area contributed by atoms with Crippen molar-refractivity contribution in [1.82, 2.24) is 20.5 Å². The van der Waals surface area contributed by atoms with Crippen molar-refractivity contribution < 1.29 is 14.0 Å². The molecule has 7 nitrogen and oxygen atoms in total. The lowest BCUT2D eigenvalue weighted by molar-refractivity contribution is -0.140. The summed E-state index contributed by atoms with van der Waals surface area (Å²) in [6, 6.07) is 4.73. The van der Waals surface area contributed by atoms with Crippen LogP contribution in [0.3, 0.4) is 0 Å². The van der Waals surface area contributed by atoms with Crippen molar-refractivity contribution in [2.75, 3.05) is 26.7 Å². The van der Waals surface area contributed by atoms with Gasteiger partial charge in [-0.2, -0.15) is 0 Å². The number of carbonyl (C=O) groups is 2. The van der Waals surface area contributed by atoms with Crippen molar-refractivity contribution in [3.05, 3.63) is 47.9 Å². The number of fused-ring (bicyclic) bond motifs is 6. The van der Waals surface area contributed by atoms with Crippen LogP contribution in [0, 0.1) is 29.5 Å². The summed E-state index contributed by atoms with van der Waals surface area (Å²) in [6.45, 7) is 1.44. The maximum atomic E-state index is 13.3. The number of aromatic nitrogens is 1. The van der Waals surface area contributed by atoms with E-state index in [1.807, 2.05) is 6.20 Å². The molecule has 2 aliphatic carbocycles. The molecule has 3 N–H and O–H groups in total. The second-order valence-electron chi connectivity index (χ2n) is 8.51. The fourth-order valence-corrected chi connectivity index (χ4v) is 5.37. The van der Waals surface area contributed by atoms with Gasteiger partial charge in [-0.25, -0.2) is 4.39 Å². The number of amides is 2. The number of halogens is 1. The molecule has 2 amide bonds. The van der Waals surface area contributed by atoms with Crippen LogP contribution >= 0.6 is 0 Å². The molecule has 2 aromatic rings. The molecule has 4 atom stereocenters. The zero-order valence-corrected chi connectivity index (χ0v) is 17.4. The molecule has 1 aliphatic heterocycles. The van der Waals surface area contributed by atoms with Crippen LogP contribution in [-0.4, -0.2) is 54.3 Å². The number of aliphatic imine (C=N–C) groups is 1. The fourth-order valence-electron chi connectivity index (χ4n) is 5.37. The van der Waals surface area contributed by atoms with Crippen LogP contribution in [-0.2, 0) is 16.0 Å². The van der Waals surface area contributed by atoms with Crippen molar-refractivity contribution in [3.63, 3.8) is 0 Å². The van der Waals surface area contributed by atoms with Gasteiger partial charge in [0.2, 0.25) is 11.8 Å². The number of aromatic amines is 1. The first-order chi connectivity index (χ1) is 15.1. The molecular formula is C23H26FN5O2. The summed E-state index contributed by atoms with van der Waals surface area (Å²) in [5, 5.41) is 7.44. The number of nitrogens with zero attached hydrogens (tertiary/aromatic N) is 2. The lowest BCUT2D eigenvalue weighted by Crippen LogP contribution is -2.44. The predicted octanol–water partition coefficient (Wildman–Crippen LogP) is 1.82. The van der Waals surface area contributed by atoms with E-state index in [0.717, 1.165) is 29.3 Å². The van der Waals surface area contributed by atoms with Crippen molar-refractivity contribution in [2.24, 2.45) is 28.7 Å². The van der Waals surface area contributed by atoms with E-state index in [0.29, 0.717) is 25.6 Å². The first-order valence-electron chi connectivity index (χ1n) is 10.8. The van der Waals surface area contributed by atoms with E-state index in [2.05, 4.69) is 32.8 Å². The van der Waals surface area contributed by atoms with Crippen LogP contribution in [0.5, 0.6) is 0 Å². The summed E-state index contributed by atoms with van der Waals surface area (Å²) in [5.74, 6) is 0.492. The summed E-state index contributed by atoms with van der Waals surface area (Å²) < 4.78 is 13.3. The molecule has 2 fully saturated rings. The molecule has 3 aliphatic rings. The molecular weight excluding hydrogens is 397 g/mol. The predicted molar refractivity (Wildman–Crippen MR) is 116 cm³/mol. The van der Waals surface area contributed by atoms with Gasteiger partial charge in [0.25, 0.3) is 0 Å². The Balaban J connectivity index is 1.10. The summed E-state index contributed by atoms with van der Waals surface area (Å²) in [6.07, 6.45) is 7.80. The van der Waals surface area contributed by atoms with Crippen LogP contribution in [0.15, 0.2) is 41.5 Å². The maximum Gasteiger partial charge on any atom is 0.233 e. The Morgan fingerprint density at radius 1 is 1.16 bits per heavy atom. The van der Waals surface area contributed by atoms with E-state index in [-0.39, 0.29) is 41.3 Å². The second-order valence-corrected chi connectivity index (χ2v) is 8.51. The number of H-pyrrole nitrogens is 1. The first-order valence-corrected chi connectivity index (χ1v) is 10.8. The largest absolute Gasteiger partial charge is 0.361 e. The Morgan fingerprint density at radius 3 is 2.58 bits per heavy atom. The lowest BCUT2D eigenvalue weighted by Gasteiger charge is -2.18. The van der Waals surface area contributed by atoms with E-state index in [1.165, 1.54) is 17.0 Å². The van der Waals surface area contributed by atoms with Gasteiger partial charge in [-0.1, -0.05) is 12.2 Å². The summed E-state index contributed by atoms with van der Waals surface area (Å²) in [5.41, 5.74) is 1.88. The van der Waals surface area contributed by atoms with Gasteiger partial charge in [0, 0.05) is 43.8 Å². The number of imide groups is 1. The molecule has 1 aromatic heterocycles. The van der Waals surface area contributed by atoms with Gasteiger partial charge in [0.1, 0.15) is 5.82 Å². The van der Waals surface area contributed by atoms with Crippen molar-refractivity contribution >= 4 is 28.7 Å². The summed E-state index contributed by atoms with van der Waals surface area (Å²) in [4.78, 5) is 34.2. The Hall–Kier alpha value is -3.16. The second kappa shape index (κ2) is 7.83. The van der Waals surface area contributed by atoms with Gasteiger partial charge in [-0.15, -0.1) is 0 Å². The minimum atomic E-state index is -0.258. The number of likely N-dealkylation sites (tertiary alicyclic amines) is 1. The average molecular weight is 423 g/mol. The molecule has 1 aromatic carbocycles. The smallest absolute Gasteiger partial charge is 0.233 e. The highest BCUT2D eigenvalue weighted by Crippen LogP contribution is 2.52. The standard InChI is InChI=1S/C23H26FN5O2/c1-25-23(26-7-6-15-12-28-18-11-16(24)4-5-17(15)18)27-8-9-29-21(30)19-13-2-3-14(10-13)20(19)22(29)31/h2-5,11-14,19-20,28H,6-10H2,1H3,(H2,25,26,27). The van der Waals surface area contributed by atoms with Crippen LogP contribution in [0.2, 0.25) is 0 Å². The van der Waals surface area contributed by atoms with Crippen LogP contribution in [0.1, 0.15) is 12.0 Å². The van der Waals surface area contributed by atoms with Crippen LogP contribution < -0.4 is 10.6 Å². The van der Waals surface area contributed by atoms with Crippen molar-refractivity contribution in [3.8, 4) is 0 Å². The van der Waals surface area contributed by atoms with Gasteiger partial charge in [-0.3, -0.25) is 19.5 Å². The van der Waals surface area contributed by atoms with E-state index in [1.54, 1.807) is 13.1 Å². The number of hydrogen-bond acceptors (Lipinski definition) is 3. The molecule has 8 heteroatoms. The minimum absolute atomic E-state index is 0.0210. The summed E-state index contributed by atoms with van der Waals surface area (Å²) >= 11 is 0. The van der Waals surface area contributed by atoms with Gasteiger partial charge in [-0.05, 0) is 48.4 Å². The Kier molecular flexibility index (Phi) is 5.00. The summed E-state index contributed by atoms with van der Waals surface area (Å²) in [7, 11) is 1.68. The van der Waals surface area contributed by atoms with Crippen LogP contribution in [0.4, 0.5) is 4.39 Å². The number of guanidine groups is 1. The maximum absolute atomic E-state index is 13.3. The van der Waals surface area contributed by atoms with Gasteiger partial charge in [0.05, 0.1) is 11.8 Å². The van der Waals surface area contributed by atoms with Gasteiger partial charge >= 0.3 is 0 Å². The minimum Gasteiger partial charge on any atom is -0.361 e. The molecule has 0 radical (unpaired) electrons. The van der Waals surface area contributed by atoms with Gasteiger partial charge in [0.15, 0.2) is 5.96 Å². The van der Waals surface area contributed by atoms with E-state index < -0.39 is 0 Å². The van der Waals surface area contributed by atoms with E-state index in [4.69, 9.17) is 0 Å². The monoisotopic (exact) mass is 423 g/mol. The highest BCUT2D eigenvalue weighted by atomic mass is 19.1. The molecule has 0 spiro atoms. The third kappa shape index (κ3) is 3.40. The highest BCUT2D eigenvalue weighted by molar-refractivity contribution is 6.06. The topological polar surface area (TPSA) is 89.6 Å². The third-order valence-corrected chi connectivity index (χ3v) is 6.83. The number of hydrogen-bond donors (Lipinski definition) is 3. The fraction of sp³-hybridized carbons (Fsp3) is 0.435. The Bertz CT molecular complexity index is 1060. The Labute approximate surface area is 179 Å².